The van der Waals surface area contributed by atoms with Crippen LogP contribution in [0, 0.1) is 0 Å². The van der Waals surface area contributed by atoms with E-state index in [1.54, 1.807) is 14.2 Å². The molecule has 0 radical (unpaired) electrons. The van der Waals surface area contributed by atoms with Gasteiger partial charge in [0.1, 0.15) is 0 Å². The Morgan fingerprint density at radius 1 is 1.27 bits per heavy atom. The number of benzene rings is 1. The van der Waals surface area contributed by atoms with E-state index in [-0.39, 0.29) is 11.6 Å². The molecule has 0 saturated carbocycles. The number of rotatable bonds is 7. The molecule has 1 heterocycles. The average molecular weight is 383 g/mol. The van der Waals surface area contributed by atoms with Gasteiger partial charge in [0.25, 0.3) is 0 Å². The normalized spacial score (nSPS) is 17.8. The Hall–Kier alpha value is -1.34. The summed E-state index contributed by atoms with van der Waals surface area (Å²) in [6, 6.07) is 8.30. The second kappa shape index (κ2) is 10.1. The van der Waals surface area contributed by atoms with Crippen LogP contribution < -0.4 is 10.6 Å². The SMILES string of the molecule is CN=C(NCC(c1ccc(Cl)cc1)N1CCOCC1)NCC(C)(C)OC. The largest absolute Gasteiger partial charge is 0.379 e. The van der Waals surface area contributed by atoms with Gasteiger partial charge < -0.3 is 20.1 Å². The number of methoxy groups -OCH3 is 1. The maximum Gasteiger partial charge on any atom is 0.191 e. The number of nitrogens with one attached hydrogen (secondary N) is 2. The van der Waals surface area contributed by atoms with Crippen LogP contribution in [0.2, 0.25) is 5.02 Å². The van der Waals surface area contributed by atoms with Gasteiger partial charge in [0.15, 0.2) is 5.96 Å². The van der Waals surface area contributed by atoms with Gasteiger partial charge in [-0.1, -0.05) is 23.7 Å². The predicted octanol–water partition coefficient (Wildman–Crippen LogP) is 2.30. The molecule has 1 fully saturated rings. The zero-order valence-electron chi connectivity index (χ0n) is 16.2. The van der Waals surface area contributed by atoms with E-state index in [1.165, 1.54) is 5.56 Å². The minimum absolute atomic E-state index is 0.227. The predicted molar refractivity (Wildman–Crippen MR) is 107 cm³/mol. The second-order valence-electron chi connectivity index (χ2n) is 6.99. The van der Waals surface area contributed by atoms with E-state index in [2.05, 4.69) is 32.7 Å². The fraction of sp³-hybridized carbons (Fsp3) is 0.632. The molecule has 0 bridgehead atoms. The van der Waals surface area contributed by atoms with Crippen molar-refractivity contribution in [3.05, 3.63) is 34.9 Å². The molecule has 1 aromatic carbocycles. The van der Waals surface area contributed by atoms with Crippen LogP contribution in [0.4, 0.5) is 0 Å². The van der Waals surface area contributed by atoms with Crippen LogP contribution in [0.25, 0.3) is 0 Å². The van der Waals surface area contributed by atoms with Gasteiger partial charge in [-0.2, -0.15) is 0 Å². The number of morpholine rings is 1. The fourth-order valence-corrected chi connectivity index (χ4v) is 2.94. The molecule has 26 heavy (non-hydrogen) atoms. The van der Waals surface area contributed by atoms with E-state index < -0.39 is 0 Å². The number of aliphatic imine (C=N–C) groups is 1. The lowest BCUT2D eigenvalue weighted by Crippen LogP contribution is -2.48. The smallest absolute Gasteiger partial charge is 0.191 e. The topological polar surface area (TPSA) is 58.1 Å². The van der Waals surface area contributed by atoms with E-state index in [1.807, 2.05) is 26.0 Å². The lowest BCUT2D eigenvalue weighted by atomic mass is 10.0. The first kappa shape index (κ1) is 21.0. The number of ether oxygens (including phenoxy) is 2. The summed E-state index contributed by atoms with van der Waals surface area (Å²) in [5.74, 6) is 0.766. The van der Waals surface area contributed by atoms with Gasteiger partial charge in [-0.15, -0.1) is 0 Å². The van der Waals surface area contributed by atoms with E-state index in [9.17, 15) is 0 Å². The van der Waals surface area contributed by atoms with Crippen LogP contribution in [-0.2, 0) is 9.47 Å². The van der Waals surface area contributed by atoms with E-state index >= 15 is 0 Å². The molecule has 1 unspecified atom stereocenters. The first-order chi connectivity index (χ1) is 12.4. The standard InChI is InChI=1S/C19H31ClN4O2/c1-19(2,25-4)14-23-18(21-3)22-13-17(24-9-11-26-12-10-24)15-5-7-16(20)8-6-15/h5-8,17H,9-14H2,1-4H3,(H2,21,22,23). The highest BCUT2D eigenvalue weighted by molar-refractivity contribution is 6.30. The minimum atomic E-state index is -0.253. The number of nitrogens with zero attached hydrogens (tertiary/aromatic N) is 2. The van der Waals surface area contributed by atoms with Gasteiger partial charge in [0, 0.05) is 45.4 Å². The highest BCUT2D eigenvalue weighted by Crippen LogP contribution is 2.23. The number of hydrogen-bond donors (Lipinski definition) is 2. The van der Waals surface area contributed by atoms with Crippen molar-refractivity contribution in [1.82, 2.24) is 15.5 Å². The molecule has 6 nitrogen and oxygen atoms in total. The molecule has 1 saturated heterocycles. The van der Waals surface area contributed by atoms with Crippen LogP contribution in [0.5, 0.6) is 0 Å². The average Bonchev–Trinajstić information content (AvgIpc) is 2.66. The lowest BCUT2D eigenvalue weighted by Gasteiger charge is -2.35. The molecule has 2 rings (SSSR count). The molecule has 0 aromatic heterocycles. The molecule has 1 aliphatic heterocycles. The number of halogens is 1. The van der Waals surface area contributed by atoms with E-state index in [0.717, 1.165) is 43.8 Å². The van der Waals surface area contributed by atoms with Crippen LogP contribution in [-0.4, -0.2) is 70.0 Å². The summed E-state index contributed by atoms with van der Waals surface area (Å²) in [7, 11) is 3.49. The Morgan fingerprint density at radius 3 is 2.50 bits per heavy atom. The summed E-state index contributed by atoms with van der Waals surface area (Å²) in [6.07, 6.45) is 0. The molecule has 0 aliphatic carbocycles. The van der Waals surface area contributed by atoms with E-state index in [4.69, 9.17) is 21.1 Å². The Bertz CT molecular complexity index is 571. The van der Waals surface area contributed by atoms with Crippen LogP contribution in [0.3, 0.4) is 0 Å². The summed E-state index contributed by atoms with van der Waals surface area (Å²) in [5.41, 5.74) is 0.980. The third kappa shape index (κ3) is 6.43. The highest BCUT2D eigenvalue weighted by Gasteiger charge is 2.23. The summed E-state index contributed by atoms with van der Waals surface area (Å²) in [5, 5.41) is 7.53. The maximum atomic E-state index is 6.06. The first-order valence-corrected chi connectivity index (χ1v) is 9.40. The van der Waals surface area contributed by atoms with Crippen molar-refractivity contribution in [3.8, 4) is 0 Å². The summed E-state index contributed by atoms with van der Waals surface area (Å²) in [4.78, 5) is 6.76. The van der Waals surface area contributed by atoms with Gasteiger partial charge in [-0.3, -0.25) is 9.89 Å². The Morgan fingerprint density at radius 2 is 1.92 bits per heavy atom. The van der Waals surface area contributed by atoms with Gasteiger partial charge in [-0.25, -0.2) is 0 Å². The molecular formula is C19H31ClN4O2. The molecule has 146 valence electrons. The van der Waals surface area contributed by atoms with Crippen molar-refractivity contribution in [2.45, 2.75) is 25.5 Å². The number of hydrogen-bond acceptors (Lipinski definition) is 4. The minimum Gasteiger partial charge on any atom is -0.379 e. The molecule has 1 aliphatic rings. The Kier molecular flexibility index (Phi) is 8.15. The van der Waals surface area contributed by atoms with E-state index in [0.29, 0.717) is 6.54 Å². The van der Waals surface area contributed by atoms with Crippen molar-refractivity contribution >= 4 is 17.6 Å². The van der Waals surface area contributed by atoms with Gasteiger partial charge in [-0.05, 0) is 31.5 Å². The van der Waals surface area contributed by atoms with Gasteiger partial charge in [0.05, 0.1) is 24.9 Å². The molecule has 7 heteroatoms. The highest BCUT2D eigenvalue weighted by atomic mass is 35.5. The number of guanidine groups is 1. The first-order valence-electron chi connectivity index (χ1n) is 9.02. The molecule has 2 N–H and O–H groups in total. The summed E-state index contributed by atoms with van der Waals surface area (Å²) in [6.45, 7) is 8.85. The van der Waals surface area contributed by atoms with Crippen molar-refractivity contribution in [2.75, 3.05) is 53.6 Å². The lowest BCUT2D eigenvalue weighted by molar-refractivity contribution is 0.0167. The zero-order chi connectivity index (χ0) is 19.0. The third-order valence-electron chi connectivity index (χ3n) is 4.66. The van der Waals surface area contributed by atoms with Gasteiger partial charge in [0.2, 0.25) is 0 Å². The third-order valence-corrected chi connectivity index (χ3v) is 4.91. The van der Waals surface area contributed by atoms with Crippen molar-refractivity contribution < 1.29 is 9.47 Å². The summed E-state index contributed by atoms with van der Waals surface area (Å²) < 4.78 is 11.0. The van der Waals surface area contributed by atoms with Crippen molar-refractivity contribution in [2.24, 2.45) is 4.99 Å². The van der Waals surface area contributed by atoms with Gasteiger partial charge >= 0.3 is 0 Å². The van der Waals surface area contributed by atoms with Crippen molar-refractivity contribution in [1.29, 1.82) is 0 Å². The fourth-order valence-electron chi connectivity index (χ4n) is 2.81. The van der Waals surface area contributed by atoms with Crippen LogP contribution in [0.1, 0.15) is 25.5 Å². The molecular weight excluding hydrogens is 352 g/mol. The Labute approximate surface area is 161 Å². The van der Waals surface area contributed by atoms with Crippen LogP contribution >= 0.6 is 11.6 Å². The maximum absolute atomic E-state index is 6.06. The monoisotopic (exact) mass is 382 g/mol. The molecule has 1 aromatic rings. The molecule has 1 atom stereocenters. The molecule has 0 spiro atoms. The summed E-state index contributed by atoms with van der Waals surface area (Å²) >= 11 is 6.06. The van der Waals surface area contributed by atoms with Crippen molar-refractivity contribution in [3.63, 3.8) is 0 Å². The van der Waals surface area contributed by atoms with Crippen LogP contribution in [0.15, 0.2) is 29.3 Å². The Balaban J connectivity index is 2.02. The quantitative estimate of drug-likeness (QED) is 0.559. The second-order valence-corrected chi connectivity index (χ2v) is 7.42. The zero-order valence-corrected chi connectivity index (χ0v) is 17.0. The molecule has 0 amide bonds.